The van der Waals surface area contributed by atoms with Gasteiger partial charge in [0.15, 0.2) is 11.4 Å². The topological polar surface area (TPSA) is 46.5 Å². The summed E-state index contributed by atoms with van der Waals surface area (Å²) in [4.78, 5) is 12.9. The molecule has 144 valence electrons. The Labute approximate surface area is 166 Å². The van der Waals surface area contributed by atoms with E-state index in [1.54, 1.807) is 31.7 Å². The van der Waals surface area contributed by atoms with Gasteiger partial charge < -0.3 is 9.84 Å². The molecule has 0 radical (unpaired) electrons. The molecule has 0 fully saturated rings. The Balaban J connectivity index is 2.19. The maximum atomic E-state index is 11.7. The summed E-state index contributed by atoms with van der Waals surface area (Å²) in [6.45, 7) is 9.03. The van der Waals surface area contributed by atoms with Crippen molar-refractivity contribution in [3.8, 4) is 5.75 Å². The van der Waals surface area contributed by atoms with Gasteiger partial charge in [0.1, 0.15) is 5.75 Å². The molecule has 0 aliphatic carbocycles. The second kappa shape index (κ2) is 8.77. The predicted molar refractivity (Wildman–Crippen MR) is 114 cm³/mol. The molecule has 27 heavy (non-hydrogen) atoms. The highest BCUT2D eigenvalue weighted by molar-refractivity contribution is 7.98. The van der Waals surface area contributed by atoms with E-state index < -0.39 is 11.7 Å². The highest BCUT2D eigenvalue weighted by Crippen LogP contribution is 2.30. The second-order valence-corrected chi connectivity index (χ2v) is 8.11. The summed E-state index contributed by atoms with van der Waals surface area (Å²) >= 11 is 1.68. The first-order valence-corrected chi connectivity index (χ1v) is 10.2. The van der Waals surface area contributed by atoms with Crippen LogP contribution in [0.4, 0.5) is 0 Å². The van der Waals surface area contributed by atoms with Crippen LogP contribution in [0.1, 0.15) is 49.1 Å². The van der Waals surface area contributed by atoms with Gasteiger partial charge in [-0.3, -0.25) is 4.79 Å². The van der Waals surface area contributed by atoms with Gasteiger partial charge in [0.2, 0.25) is 0 Å². The molecule has 2 aromatic rings. The molecule has 2 aromatic carbocycles. The molecular weight excluding hydrogens is 356 g/mol. The Morgan fingerprint density at radius 2 is 1.70 bits per heavy atom. The fraction of sp³-hybridized carbons (Fsp3) is 0.348. The number of rotatable bonds is 7. The average Bonchev–Trinajstić information content (AvgIpc) is 2.62. The molecule has 1 unspecified atom stereocenters. The van der Waals surface area contributed by atoms with Crippen LogP contribution in [-0.2, 0) is 4.79 Å². The lowest BCUT2D eigenvalue weighted by Gasteiger charge is -2.26. The van der Waals surface area contributed by atoms with Crippen molar-refractivity contribution in [3.05, 3.63) is 64.7 Å². The molecule has 1 N–H and O–H groups in total. The number of aliphatic hydroxyl groups excluding tert-OH is 1. The molecule has 0 saturated heterocycles. The van der Waals surface area contributed by atoms with Crippen LogP contribution in [0.2, 0.25) is 0 Å². The van der Waals surface area contributed by atoms with Gasteiger partial charge in [0, 0.05) is 4.90 Å². The van der Waals surface area contributed by atoms with Gasteiger partial charge in [-0.05, 0) is 87.4 Å². The van der Waals surface area contributed by atoms with E-state index in [0.29, 0.717) is 0 Å². The van der Waals surface area contributed by atoms with Crippen molar-refractivity contribution >= 4 is 23.6 Å². The zero-order valence-electron chi connectivity index (χ0n) is 16.9. The SMILES string of the molecule is CSc1ccc(C(O)C=Cc2cc(C)c(OC(C)(C)C(C)=O)c(C)c2)cc1. The first kappa shape index (κ1) is 21.3. The molecule has 3 nitrogen and oxygen atoms in total. The average molecular weight is 385 g/mol. The molecule has 0 amide bonds. The molecule has 0 bridgehead atoms. The lowest BCUT2D eigenvalue weighted by Crippen LogP contribution is -2.36. The van der Waals surface area contributed by atoms with E-state index in [4.69, 9.17) is 4.74 Å². The second-order valence-electron chi connectivity index (χ2n) is 7.23. The number of carbonyl (C=O) groups is 1. The third-order valence-electron chi connectivity index (χ3n) is 4.62. The van der Waals surface area contributed by atoms with Crippen LogP contribution in [0.25, 0.3) is 6.08 Å². The predicted octanol–water partition coefficient (Wildman–Crippen LogP) is 5.52. The number of hydrogen-bond acceptors (Lipinski definition) is 4. The lowest BCUT2D eigenvalue weighted by atomic mass is 10.0. The molecule has 0 spiro atoms. The molecule has 2 rings (SSSR count). The smallest absolute Gasteiger partial charge is 0.172 e. The normalized spacial score (nSPS) is 13.0. The number of aryl methyl sites for hydroxylation is 2. The van der Waals surface area contributed by atoms with E-state index in [-0.39, 0.29) is 5.78 Å². The van der Waals surface area contributed by atoms with Gasteiger partial charge in [-0.15, -0.1) is 11.8 Å². The van der Waals surface area contributed by atoms with Crippen molar-refractivity contribution < 1.29 is 14.6 Å². The van der Waals surface area contributed by atoms with E-state index in [2.05, 4.69) is 0 Å². The number of ketones is 1. The Morgan fingerprint density at radius 1 is 1.15 bits per heavy atom. The number of thioether (sulfide) groups is 1. The van der Waals surface area contributed by atoms with E-state index in [0.717, 1.165) is 28.0 Å². The first-order chi connectivity index (χ1) is 12.6. The Kier molecular flexibility index (Phi) is 6.90. The van der Waals surface area contributed by atoms with Gasteiger partial charge in [0.05, 0.1) is 6.10 Å². The summed E-state index contributed by atoms with van der Waals surface area (Å²) in [5.41, 5.74) is 2.91. The van der Waals surface area contributed by atoms with Crippen LogP contribution in [0.5, 0.6) is 5.75 Å². The number of ether oxygens (including phenoxy) is 1. The highest BCUT2D eigenvalue weighted by atomic mass is 32.2. The number of benzene rings is 2. The summed E-state index contributed by atoms with van der Waals surface area (Å²) in [6.07, 6.45) is 5.06. The van der Waals surface area contributed by atoms with Gasteiger partial charge in [-0.1, -0.05) is 24.3 Å². The summed E-state index contributed by atoms with van der Waals surface area (Å²) in [6, 6.07) is 11.9. The Bertz CT molecular complexity index is 812. The number of aliphatic hydroxyl groups is 1. The standard InChI is InChI=1S/C23H28O3S/c1-15-13-18(14-16(2)22(15)26-23(4,5)17(3)24)7-12-21(25)19-8-10-20(27-6)11-9-19/h7-14,21,25H,1-6H3. The molecule has 0 aliphatic rings. The molecule has 0 aliphatic heterocycles. The number of hydrogen-bond donors (Lipinski definition) is 1. The molecule has 0 aromatic heterocycles. The number of carbonyl (C=O) groups excluding carboxylic acids is 1. The van der Waals surface area contributed by atoms with E-state index in [1.165, 1.54) is 11.8 Å². The van der Waals surface area contributed by atoms with Crippen LogP contribution in [0, 0.1) is 13.8 Å². The zero-order valence-corrected chi connectivity index (χ0v) is 17.7. The fourth-order valence-corrected chi connectivity index (χ4v) is 3.09. The van der Waals surface area contributed by atoms with Crippen molar-refractivity contribution in [1.82, 2.24) is 0 Å². The maximum Gasteiger partial charge on any atom is 0.172 e. The van der Waals surface area contributed by atoms with Gasteiger partial charge in [-0.25, -0.2) is 0 Å². The summed E-state index contributed by atoms with van der Waals surface area (Å²) < 4.78 is 5.97. The van der Waals surface area contributed by atoms with Gasteiger partial charge in [-0.2, -0.15) is 0 Å². The van der Waals surface area contributed by atoms with E-state index in [1.807, 2.05) is 62.6 Å². The van der Waals surface area contributed by atoms with E-state index >= 15 is 0 Å². The van der Waals surface area contributed by atoms with Crippen LogP contribution in [-0.4, -0.2) is 22.7 Å². The van der Waals surface area contributed by atoms with Crippen molar-refractivity contribution in [1.29, 1.82) is 0 Å². The molecule has 4 heteroatoms. The van der Waals surface area contributed by atoms with E-state index in [9.17, 15) is 9.90 Å². The molecule has 0 heterocycles. The van der Waals surface area contributed by atoms with Crippen LogP contribution in [0.3, 0.4) is 0 Å². The molecular formula is C23H28O3S. The zero-order chi connectivity index (χ0) is 20.2. The van der Waals surface area contributed by atoms with Crippen LogP contribution >= 0.6 is 11.8 Å². The molecule has 0 saturated carbocycles. The fourth-order valence-electron chi connectivity index (χ4n) is 2.68. The summed E-state index contributed by atoms with van der Waals surface area (Å²) in [5, 5.41) is 10.4. The Hall–Kier alpha value is -2.04. The monoisotopic (exact) mass is 384 g/mol. The van der Waals surface area contributed by atoms with Crippen LogP contribution in [0.15, 0.2) is 47.4 Å². The maximum absolute atomic E-state index is 11.7. The van der Waals surface area contributed by atoms with Crippen molar-refractivity contribution in [2.45, 2.75) is 51.2 Å². The van der Waals surface area contributed by atoms with Crippen LogP contribution < -0.4 is 4.74 Å². The minimum absolute atomic E-state index is 0.0131. The minimum Gasteiger partial charge on any atom is -0.480 e. The van der Waals surface area contributed by atoms with Gasteiger partial charge in [0.25, 0.3) is 0 Å². The Morgan fingerprint density at radius 3 is 2.19 bits per heavy atom. The van der Waals surface area contributed by atoms with Crippen molar-refractivity contribution in [2.75, 3.05) is 6.26 Å². The van der Waals surface area contributed by atoms with Crippen molar-refractivity contribution in [3.63, 3.8) is 0 Å². The lowest BCUT2D eigenvalue weighted by molar-refractivity contribution is -0.129. The number of Topliss-reactive ketones (excluding diaryl/α,β-unsaturated/α-hetero) is 1. The third kappa shape index (κ3) is 5.47. The first-order valence-electron chi connectivity index (χ1n) is 8.95. The minimum atomic E-state index is -0.855. The molecule has 1 atom stereocenters. The largest absolute Gasteiger partial charge is 0.480 e. The highest BCUT2D eigenvalue weighted by Gasteiger charge is 2.27. The van der Waals surface area contributed by atoms with Crippen molar-refractivity contribution in [2.24, 2.45) is 0 Å². The quantitative estimate of drug-likeness (QED) is 0.639. The summed E-state index contributed by atoms with van der Waals surface area (Å²) in [7, 11) is 0. The van der Waals surface area contributed by atoms with Gasteiger partial charge >= 0.3 is 0 Å². The summed E-state index contributed by atoms with van der Waals surface area (Å²) in [5.74, 6) is 0.724. The third-order valence-corrected chi connectivity index (χ3v) is 5.36.